The van der Waals surface area contributed by atoms with Gasteiger partial charge in [0, 0.05) is 11.4 Å². The predicted molar refractivity (Wildman–Crippen MR) is 80.6 cm³/mol. The molecule has 2 N–H and O–H groups in total. The lowest BCUT2D eigenvalue weighted by Crippen LogP contribution is -2.35. The van der Waals surface area contributed by atoms with Crippen molar-refractivity contribution >= 4 is 5.95 Å². The van der Waals surface area contributed by atoms with E-state index in [-0.39, 0.29) is 6.04 Å². The lowest BCUT2D eigenvalue weighted by molar-refractivity contribution is 0.0586. The van der Waals surface area contributed by atoms with E-state index in [1.165, 1.54) is 0 Å². The minimum Gasteiger partial charge on any atom is -0.388 e. The average Bonchev–Trinajstić information content (AvgIpc) is 2.34. The molecule has 1 aromatic carbocycles. The summed E-state index contributed by atoms with van der Waals surface area (Å²) in [5.41, 5.74) is 1.88. The molecule has 1 heterocycles. The van der Waals surface area contributed by atoms with E-state index in [2.05, 4.69) is 15.3 Å². The van der Waals surface area contributed by atoms with Gasteiger partial charge in [-0.15, -0.1) is 0 Å². The second-order valence-electron chi connectivity index (χ2n) is 5.62. The summed E-state index contributed by atoms with van der Waals surface area (Å²) in [6, 6.07) is 11.5. The Bertz CT molecular complexity index is 556. The van der Waals surface area contributed by atoms with E-state index in [4.69, 9.17) is 0 Å². The zero-order chi connectivity index (χ0) is 14.8. The molecule has 0 spiro atoms. The largest absolute Gasteiger partial charge is 0.388 e. The van der Waals surface area contributed by atoms with Crippen LogP contribution in [0.1, 0.15) is 36.8 Å². The van der Waals surface area contributed by atoms with Crippen LogP contribution in [0.5, 0.6) is 0 Å². The molecule has 20 heavy (non-hydrogen) atoms. The molecular formula is C16H21N3O. The number of anilines is 1. The third-order valence-corrected chi connectivity index (χ3v) is 3.10. The third kappa shape index (κ3) is 3.54. The molecule has 0 unspecified atom stereocenters. The topological polar surface area (TPSA) is 58.0 Å². The highest BCUT2D eigenvalue weighted by atomic mass is 16.3. The quantitative estimate of drug-likeness (QED) is 0.897. The number of aromatic nitrogens is 2. The van der Waals surface area contributed by atoms with Gasteiger partial charge in [-0.25, -0.2) is 9.97 Å². The van der Waals surface area contributed by atoms with Crippen molar-refractivity contribution < 1.29 is 5.11 Å². The second-order valence-corrected chi connectivity index (χ2v) is 5.62. The fourth-order valence-electron chi connectivity index (χ4n) is 2.23. The number of aliphatic hydroxyl groups is 1. The molecule has 106 valence electrons. The number of nitrogens with one attached hydrogen (secondary N) is 1. The molecule has 0 radical (unpaired) electrons. The van der Waals surface area contributed by atoms with Crippen molar-refractivity contribution in [2.24, 2.45) is 0 Å². The van der Waals surface area contributed by atoms with Crippen molar-refractivity contribution in [3.8, 4) is 0 Å². The van der Waals surface area contributed by atoms with Crippen molar-refractivity contribution in [3.05, 3.63) is 53.3 Å². The summed E-state index contributed by atoms with van der Waals surface area (Å²) in [5, 5.41) is 13.7. The molecule has 0 aliphatic heterocycles. The molecule has 0 aliphatic rings. The van der Waals surface area contributed by atoms with Crippen LogP contribution in [0.4, 0.5) is 5.95 Å². The third-order valence-electron chi connectivity index (χ3n) is 3.10. The fraction of sp³-hybridized carbons (Fsp3) is 0.375. The Morgan fingerprint density at radius 3 is 2.10 bits per heavy atom. The van der Waals surface area contributed by atoms with Crippen LogP contribution in [0.25, 0.3) is 0 Å². The number of benzene rings is 1. The number of hydrogen-bond acceptors (Lipinski definition) is 4. The lowest BCUT2D eigenvalue weighted by Gasteiger charge is -2.30. The Balaban J connectivity index is 2.34. The van der Waals surface area contributed by atoms with E-state index in [9.17, 15) is 5.11 Å². The van der Waals surface area contributed by atoms with Gasteiger partial charge in [0.25, 0.3) is 0 Å². The number of nitrogens with zero attached hydrogens (tertiary/aromatic N) is 2. The Morgan fingerprint density at radius 2 is 1.60 bits per heavy atom. The van der Waals surface area contributed by atoms with Gasteiger partial charge in [-0.1, -0.05) is 30.3 Å². The molecule has 4 nitrogen and oxygen atoms in total. The average molecular weight is 271 g/mol. The molecule has 2 rings (SSSR count). The first-order valence-corrected chi connectivity index (χ1v) is 6.72. The molecule has 0 aliphatic carbocycles. The van der Waals surface area contributed by atoms with E-state index in [0.717, 1.165) is 17.0 Å². The summed E-state index contributed by atoms with van der Waals surface area (Å²) in [4.78, 5) is 8.76. The van der Waals surface area contributed by atoms with E-state index in [1.807, 2.05) is 50.2 Å². The summed E-state index contributed by atoms with van der Waals surface area (Å²) < 4.78 is 0. The van der Waals surface area contributed by atoms with Gasteiger partial charge in [0.05, 0.1) is 11.6 Å². The van der Waals surface area contributed by atoms with Gasteiger partial charge in [0.2, 0.25) is 5.95 Å². The second kappa shape index (κ2) is 5.59. The van der Waals surface area contributed by atoms with Crippen LogP contribution in [-0.2, 0) is 0 Å². The monoisotopic (exact) mass is 271 g/mol. The molecule has 2 aromatic rings. The summed E-state index contributed by atoms with van der Waals surface area (Å²) in [6.07, 6.45) is 0. The minimum atomic E-state index is -0.928. The molecule has 0 amide bonds. The summed E-state index contributed by atoms with van der Waals surface area (Å²) in [5.74, 6) is 0.540. The Kier molecular flexibility index (Phi) is 4.04. The normalized spacial score (nSPS) is 13.1. The maximum Gasteiger partial charge on any atom is 0.223 e. The number of rotatable bonds is 4. The van der Waals surface area contributed by atoms with Crippen LogP contribution in [0.3, 0.4) is 0 Å². The van der Waals surface area contributed by atoms with Crippen LogP contribution >= 0.6 is 0 Å². The van der Waals surface area contributed by atoms with Crippen LogP contribution in [0.15, 0.2) is 36.4 Å². The van der Waals surface area contributed by atoms with E-state index < -0.39 is 5.60 Å². The Morgan fingerprint density at radius 1 is 1.05 bits per heavy atom. The van der Waals surface area contributed by atoms with Crippen molar-refractivity contribution in [1.29, 1.82) is 0 Å². The summed E-state index contributed by atoms with van der Waals surface area (Å²) in [7, 11) is 0. The van der Waals surface area contributed by atoms with Gasteiger partial charge in [-0.3, -0.25) is 0 Å². The summed E-state index contributed by atoms with van der Waals surface area (Å²) >= 11 is 0. The molecule has 1 aromatic heterocycles. The highest BCUT2D eigenvalue weighted by molar-refractivity contribution is 5.35. The van der Waals surface area contributed by atoms with Gasteiger partial charge in [-0.2, -0.15) is 0 Å². The molecular weight excluding hydrogens is 250 g/mol. The number of aryl methyl sites for hydroxylation is 2. The maximum atomic E-state index is 10.4. The van der Waals surface area contributed by atoms with Crippen molar-refractivity contribution in [2.75, 3.05) is 5.32 Å². The molecule has 1 atom stereocenters. The highest BCUT2D eigenvalue weighted by Gasteiger charge is 2.29. The summed E-state index contributed by atoms with van der Waals surface area (Å²) in [6.45, 7) is 7.42. The first-order chi connectivity index (χ1) is 9.36. The van der Waals surface area contributed by atoms with Crippen molar-refractivity contribution in [3.63, 3.8) is 0 Å². The van der Waals surface area contributed by atoms with Gasteiger partial charge < -0.3 is 10.4 Å². The first-order valence-electron chi connectivity index (χ1n) is 6.72. The van der Waals surface area contributed by atoms with Crippen LogP contribution < -0.4 is 5.32 Å². The zero-order valence-electron chi connectivity index (χ0n) is 12.4. The number of hydrogen-bond donors (Lipinski definition) is 2. The fourth-order valence-corrected chi connectivity index (χ4v) is 2.23. The van der Waals surface area contributed by atoms with Crippen LogP contribution in [0, 0.1) is 13.8 Å². The van der Waals surface area contributed by atoms with E-state index >= 15 is 0 Å². The van der Waals surface area contributed by atoms with Gasteiger partial charge in [0.15, 0.2) is 0 Å². The standard InChI is InChI=1S/C16H21N3O/c1-11-10-12(2)18-15(17-11)19-14(16(3,4)20)13-8-6-5-7-9-13/h5-10,14,20H,1-4H3,(H,17,18,19)/t14-/m0/s1. The van der Waals surface area contributed by atoms with E-state index in [0.29, 0.717) is 5.95 Å². The minimum absolute atomic E-state index is 0.273. The van der Waals surface area contributed by atoms with Crippen LogP contribution in [0.2, 0.25) is 0 Å². The maximum absolute atomic E-state index is 10.4. The first kappa shape index (κ1) is 14.5. The van der Waals surface area contributed by atoms with E-state index in [1.54, 1.807) is 13.8 Å². The van der Waals surface area contributed by atoms with Crippen LogP contribution in [-0.4, -0.2) is 20.7 Å². The van der Waals surface area contributed by atoms with Gasteiger partial charge in [0.1, 0.15) is 0 Å². The van der Waals surface area contributed by atoms with Crippen molar-refractivity contribution in [2.45, 2.75) is 39.3 Å². The molecule has 0 saturated heterocycles. The lowest BCUT2D eigenvalue weighted by atomic mass is 9.92. The molecule has 0 bridgehead atoms. The Labute approximate surface area is 119 Å². The van der Waals surface area contributed by atoms with Crippen molar-refractivity contribution in [1.82, 2.24) is 9.97 Å². The highest BCUT2D eigenvalue weighted by Crippen LogP contribution is 2.28. The Hall–Kier alpha value is -1.94. The van der Waals surface area contributed by atoms with Gasteiger partial charge in [-0.05, 0) is 39.3 Å². The SMILES string of the molecule is Cc1cc(C)nc(N[C@@H](c2ccccc2)C(C)(C)O)n1. The smallest absolute Gasteiger partial charge is 0.223 e. The molecule has 4 heteroatoms. The zero-order valence-corrected chi connectivity index (χ0v) is 12.4. The van der Waals surface area contributed by atoms with Gasteiger partial charge >= 0.3 is 0 Å². The molecule has 0 fully saturated rings. The predicted octanol–water partition coefficient (Wildman–Crippen LogP) is 3.02. The molecule has 0 saturated carbocycles.